The maximum Gasteiger partial charge on any atom is 0.416 e. The van der Waals surface area contributed by atoms with Crippen LogP contribution >= 0.6 is 15.9 Å². The molecule has 0 bridgehead atoms. The lowest BCUT2D eigenvalue weighted by Gasteiger charge is -2.08. The fourth-order valence-electron chi connectivity index (χ4n) is 1.15. The molecule has 0 aromatic heterocycles. The van der Waals surface area contributed by atoms with Gasteiger partial charge in [0.1, 0.15) is 5.70 Å². The minimum absolute atomic E-state index is 0.0363. The SMILES string of the molecule is [N-]=[N+]=N/C(=C\c1ccc(C(F)(F)F)cc1Br)C(=O)O. The summed E-state index contributed by atoms with van der Waals surface area (Å²) in [5.74, 6) is -1.48. The zero-order valence-electron chi connectivity index (χ0n) is 9.02. The average molecular weight is 336 g/mol. The predicted octanol–water partition coefficient (Wildman–Crippen LogP) is 4.20. The molecule has 5 nitrogen and oxygen atoms in total. The molecular weight excluding hydrogens is 331 g/mol. The predicted molar refractivity (Wildman–Crippen MR) is 63.9 cm³/mol. The Hall–Kier alpha value is -1.99. The van der Waals surface area contributed by atoms with Gasteiger partial charge in [-0.1, -0.05) is 27.1 Å². The molecule has 100 valence electrons. The summed E-state index contributed by atoms with van der Waals surface area (Å²) in [6.07, 6.45) is -3.53. The maximum absolute atomic E-state index is 12.4. The van der Waals surface area contributed by atoms with Crippen molar-refractivity contribution in [2.45, 2.75) is 6.18 Å². The van der Waals surface area contributed by atoms with Gasteiger partial charge in [0.15, 0.2) is 0 Å². The first-order valence-corrected chi connectivity index (χ1v) is 5.42. The minimum atomic E-state index is -4.49. The lowest BCUT2D eigenvalue weighted by atomic mass is 10.1. The van der Waals surface area contributed by atoms with Gasteiger partial charge in [-0.3, -0.25) is 0 Å². The van der Waals surface area contributed by atoms with E-state index in [0.717, 1.165) is 24.3 Å². The Bertz CT molecular complexity index is 588. The highest BCUT2D eigenvalue weighted by molar-refractivity contribution is 9.10. The summed E-state index contributed by atoms with van der Waals surface area (Å²) >= 11 is 2.90. The summed E-state index contributed by atoms with van der Waals surface area (Å²) in [5, 5.41) is 11.6. The van der Waals surface area contributed by atoms with Crippen LogP contribution in [0.25, 0.3) is 16.5 Å². The van der Waals surface area contributed by atoms with E-state index >= 15 is 0 Å². The van der Waals surface area contributed by atoms with Gasteiger partial charge >= 0.3 is 12.1 Å². The second-order valence-electron chi connectivity index (χ2n) is 3.26. The number of carboxylic acid groups (broad SMARTS) is 1. The van der Waals surface area contributed by atoms with Gasteiger partial charge < -0.3 is 5.11 Å². The second kappa shape index (κ2) is 5.77. The summed E-state index contributed by atoms with van der Waals surface area (Å²) < 4.78 is 37.3. The molecule has 0 aliphatic heterocycles. The van der Waals surface area contributed by atoms with Gasteiger partial charge in [0, 0.05) is 9.38 Å². The lowest BCUT2D eigenvalue weighted by Crippen LogP contribution is -2.04. The quantitative estimate of drug-likeness (QED) is 0.388. The number of benzene rings is 1. The van der Waals surface area contributed by atoms with Crippen LogP contribution in [0.1, 0.15) is 11.1 Å². The van der Waals surface area contributed by atoms with Crippen LogP contribution in [0.2, 0.25) is 0 Å². The highest BCUT2D eigenvalue weighted by Crippen LogP contribution is 2.32. The van der Waals surface area contributed by atoms with E-state index in [2.05, 4.69) is 26.0 Å². The van der Waals surface area contributed by atoms with Crippen LogP contribution in [0.5, 0.6) is 0 Å². The van der Waals surface area contributed by atoms with Crippen LogP contribution in [0, 0.1) is 0 Å². The molecule has 0 heterocycles. The number of azide groups is 1. The smallest absolute Gasteiger partial charge is 0.416 e. The van der Waals surface area contributed by atoms with Crippen molar-refractivity contribution in [3.8, 4) is 0 Å². The Balaban J connectivity index is 3.27. The van der Waals surface area contributed by atoms with Gasteiger partial charge in [0.25, 0.3) is 0 Å². The van der Waals surface area contributed by atoms with Gasteiger partial charge in [-0.15, -0.1) is 0 Å². The number of halogens is 4. The van der Waals surface area contributed by atoms with Gasteiger partial charge in [-0.25, -0.2) is 4.79 Å². The molecule has 0 aliphatic rings. The van der Waals surface area contributed by atoms with Crippen LogP contribution in [0.4, 0.5) is 13.2 Å². The number of alkyl halides is 3. The molecule has 0 amide bonds. The molecule has 0 unspecified atom stereocenters. The number of nitrogens with zero attached hydrogens (tertiary/aromatic N) is 3. The fourth-order valence-corrected chi connectivity index (χ4v) is 1.64. The first-order chi connectivity index (χ1) is 8.75. The van der Waals surface area contributed by atoms with Crippen LogP contribution in [-0.4, -0.2) is 11.1 Å². The van der Waals surface area contributed by atoms with Crippen LogP contribution in [0.15, 0.2) is 33.5 Å². The zero-order valence-corrected chi connectivity index (χ0v) is 10.6. The van der Waals surface area contributed by atoms with Crippen molar-refractivity contribution in [3.05, 3.63) is 49.9 Å². The van der Waals surface area contributed by atoms with Gasteiger partial charge in [0.2, 0.25) is 0 Å². The number of hydrogen-bond acceptors (Lipinski definition) is 2. The third-order valence-corrected chi connectivity index (χ3v) is 2.68. The maximum atomic E-state index is 12.4. The van der Waals surface area contributed by atoms with Crippen molar-refractivity contribution < 1.29 is 23.1 Å². The van der Waals surface area contributed by atoms with Crippen molar-refractivity contribution in [1.82, 2.24) is 0 Å². The molecule has 1 aromatic carbocycles. The van der Waals surface area contributed by atoms with E-state index in [-0.39, 0.29) is 10.0 Å². The Kier molecular flexibility index (Phi) is 4.57. The van der Waals surface area contributed by atoms with Crippen molar-refractivity contribution in [2.75, 3.05) is 0 Å². The Morgan fingerprint density at radius 1 is 1.47 bits per heavy atom. The van der Waals surface area contributed by atoms with Crippen LogP contribution < -0.4 is 0 Å². The minimum Gasteiger partial charge on any atom is -0.478 e. The molecule has 1 aromatic rings. The largest absolute Gasteiger partial charge is 0.478 e. The molecule has 19 heavy (non-hydrogen) atoms. The third-order valence-electron chi connectivity index (χ3n) is 1.99. The molecular formula is C10H5BrF3N3O2. The zero-order chi connectivity index (χ0) is 14.6. The van der Waals surface area contributed by atoms with Crippen molar-refractivity contribution in [3.63, 3.8) is 0 Å². The molecule has 0 spiro atoms. The number of carbonyl (C=O) groups is 1. The summed E-state index contributed by atoms with van der Waals surface area (Å²) in [6.45, 7) is 0. The second-order valence-corrected chi connectivity index (χ2v) is 4.11. The van der Waals surface area contributed by atoms with E-state index in [1.54, 1.807) is 0 Å². The first kappa shape index (κ1) is 15.1. The number of rotatable bonds is 3. The topological polar surface area (TPSA) is 86.1 Å². The van der Waals surface area contributed by atoms with Crippen molar-refractivity contribution >= 4 is 28.0 Å². The number of hydrogen-bond donors (Lipinski definition) is 1. The normalized spacial score (nSPS) is 11.9. The number of carboxylic acids is 1. The molecule has 1 rings (SSSR count). The fraction of sp³-hybridized carbons (Fsp3) is 0.100. The Morgan fingerprint density at radius 2 is 2.11 bits per heavy atom. The standard InChI is InChI=1S/C10H5BrF3N3O2/c11-7-4-6(10(12,13)14)2-1-5(7)3-8(9(18)19)16-17-15/h1-4H,(H,18,19)/b8-3-. The van der Waals surface area contributed by atoms with Gasteiger partial charge in [-0.2, -0.15) is 13.2 Å². The monoisotopic (exact) mass is 335 g/mol. The first-order valence-electron chi connectivity index (χ1n) is 4.62. The summed E-state index contributed by atoms with van der Waals surface area (Å²) in [7, 11) is 0. The molecule has 0 fully saturated rings. The third kappa shape index (κ3) is 4.01. The van der Waals surface area contributed by atoms with Crippen LogP contribution in [0.3, 0.4) is 0 Å². The van der Waals surface area contributed by atoms with E-state index in [0.29, 0.717) is 0 Å². The van der Waals surface area contributed by atoms with E-state index in [1.165, 1.54) is 0 Å². The summed E-state index contributed by atoms with van der Waals surface area (Å²) in [4.78, 5) is 13.0. The van der Waals surface area contributed by atoms with Gasteiger partial charge in [0.05, 0.1) is 5.56 Å². The lowest BCUT2D eigenvalue weighted by molar-refractivity contribution is -0.137. The van der Waals surface area contributed by atoms with E-state index < -0.39 is 23.4 Å². The van der Waals surface area contributed by atoms with Crippen LogP contribution in [-0.2, 0) is 11.0 Å². The Morgan fingerprint density at radius 3 is 2.53 bits per heavy atom. The number of aliphatic carboxylic acids is 1. The molecule has 0 aliphatic carbocycles. The molecule has 9 heteroatoms. The molecule has 0 atom stereocenters. The van der Waals surface area contributed by atoms with Gasteiger partial charge in [-0.05, 0) is 29.3 Å². The van der Waals surface area contributed by atoms with E-state index in [9.17, 15) is 18.0 Å². The summed E-state index contributed by atoms with van der Waals surface area (Å²) in [5.41, 5.74) is 6.83. The highest BCUT2D eigenvalue weighted by atomic mass is 79.9. The highest BCUT2D eigenvalue weighted by Gasteiger charge is 2.30. The Labute approximate surface area is 113 Å². The molecule has 1 N–H and O–H groups in total. The van der Waals surface area contributed by atoms with E-state index in [4.69, 9.17) is 10.6 Å². The van der Waals surface area contributed by atoms with Crippen molar-refractivity contribution in [2.24, 2.45) is 5.11 Å². The van der Waals surface area contributed by atoms with Crippen molar-refractivity contribution in [1.29, 1.82) is 0 Å². The summed E-state index contributed by atoms with van der Waals surface area (Å²) in [6, 6.07) is 2.68. The van der Waals surface area contributed by atoms with E-state index in [1.807, 2.05) is 0 Å². The molecule has 0 saturated carbocycles. The molecule has 0 saturated heterocycles. The molecule has 0 radical (unpaired) electrons. The average Bonchev–Trinajstić information content (AvgIpc) is 2.29.